The van der Waals surface area contributed by atoms with Crippen LogP contribution in [0.15, 0.2) is 84.2 Å². The molecule has 0 fully saturated rings. The quantitative estimate of drug-likeness (QED) is 0.128. The summed E-state index contributed by atoms with van der Waals surface area (Å²) < 4.78 is 43.1. The van der Waals surface area contributed by atoms with Gasteiger partial charge in [0.05, 0.1) is 28.0 Å². The van der Waals surface area contributed by atoms with Gasteiger partial charge in [0.15, 0.2) is 5.11 Å². The molecule has 1 aromatic heterocycles. The first-order valence-electron chi connectivity index (χ1n) is 11.0. The van der Waals surface area contributed by atoms with E-state index in [-0.39, 0.29) is 10.9 Å². The van der Waals surface area contributed by atoms with Gasteiger partial charge in [0.25, 0.3) is 0 Å². The third-order valence-electron chi connectivity index (χ3n) is 5.46. The van der Waals surface area contributed by atoms with E-state index >= 15 is 0 Å². The molecule has 0 spiro atoms. The van der Waals surface area contributed by atoms with Gasteiger partial charge in [0.1, 0.15) is 12.1 Å². The maximum Gasteiger partial charge on any atom is 0.573 e. The minimum Gasteiger partial charge on any atom is -0.406 e. The monoisotopic (exact) mass is 573 g/mol. The predicted octanol–water partition coefficient (Wildman–Crippen LogP) is 7.70. The number of thiocarbonyl (C=S) groups is 1. The number of nitrogens with one attached hydrogen (secondary N) is 2. The van der Waals surface area contributed by atoms with Crippen molar-refractivity contribution in [3.05, 3.63) is 94.7 Å². The first-order valence-corrected chi connectivity index (χ1v) is 12.1. The molecule has 192 valence electrons. The first-order chi connectivity index (χ1) is 18.2. The second kappa shape index (κ2) is 10.5. The van der Waals surface area contributed by atoms with Crippen LogP contribution >= 0.6 is 35.4 Å². The largest absolute Gasteiger partial charge is 0.573 e. The van der Waals surface area contributed by atoms with Gasteiger partial charge in [-0.05, 0) is 77.8 Å². The van der Waals surface area contributed by atoms with Crippen LogP contribution in [0.5, 0.6) is 5.75 Å². The minimum absolute atomic E-state index is 0.247. The molecule has 12 heteroatoms. The zero-order chi connectivity index (χ0) is 26.9. The fraction of sp³-hybridized carbons (Fsp3) is 0.0385. The molecule has 5 rings (SSSR count). The smallest absolute Gasteiger partial charge is 0.406 e. The Bertz CT molecular complexity index is 1690. The number of ether oxygens (including phenoxy) is 1. The summed E-state index contributed by atoms with van der Waals surface area (Å²) in [6.07, 6.45) is -1.49. The summed E-state index contributed by atoms with van der Waals surface area (Å²) in [7, 11) is 0. The Morgan fingerprint density at radius 3 is 2.55 bits per heavy atom. The average molecular weight is 574 g/mol. The van der Waals surface area contributed by atoms with Crippen LogP contribution in [0.4, 0.5) is 18.9 Å². The summed E-state index contributed by atoms with van der Waals surface area (Å²) in [6, 6.07) is 20.2. The van der Waals surface area contributed by atoms with Crippen LogP contribution in [0.3, 0.4) is 0 Å². The number of hydrogen-bond acceptors (Lipinski definition) is 4. The van der Waals surface area contributed by atoms with E-state index in [0.29, 0.717) is 21.4 Å². The van der Waals surface area contributed by atoms with Crippen molar-refractivity contribution in [3.63, 3.8) is 0 Å². The van der Waals surface area contributed by atoms with E-state index in [1.54, 1.807) is 47.4 Å². The third-order valence-corrected chi connectivity index (χ3v) is 6.22. The maximum atomic E-state index is 12.4. The SMILES string of the molecule is FC(F)(F)Oc1ccc(-n2cnc3c4ccc(C=NNC(=S)Nc5cc(Cl)ccc5Cl)cc4ccc32)cc1. The van der Waals surface area contributed by atoms with Crippen molar-refractivity contribution >= 4 is 74.2 Å². The Morgan fingerprint density at radius 2 is 1.79 bits per heavy atom. The Balaban J connectivity index is 1.32. The van der Waals surface area contributed by atoms with Crippen molar-refractivity contribution < 1.29 is 17.9 Å². The normalized spacial score (nSPS) is 11.8. The molecule has 1 heterocycles. The number of hydrazone groups is 1. The van der Waals surface area contributed by atoms with Crippen LogP contribution in [-0.2, 0) is 0 Å². The minimum atomic E-state index is -4.74. The molecule has 0 aliphatic rings. The van der Waals surface area contributed by atoms with E-state index < -0.39 is 6.36 Å². The van der Waals surface area contributed by atoms with Crippen LogP contribution in [0, 0.1) is 0 Å². The zero-order valence-electron chi connectivity index (χ0n) is 19.1. The molecule has 2 N–H and O–H groups in total. The van der Waals surface area contributed by atoms with E-state index in [4.69, 9.17) is 35.4 Å². The average Bonchev–Trinajstić information content (AvgIpc) is 3.30. The van der Waals surface area contributed by atoms with Crippen molar-refractivity contribution in [2.75, 3.05) is 5.32 Å². The highest BCUT2D eigenvalue weighted by Gasteiger charge is 2.31. The summed E-state index contributed by atoms with van der Waals surface area (Å²) in [5, 5.41) is 10.2. The lowest BCUT2D eigenvalue weighted by Crippen LogP contribution is -2.24. The number of benzene rings is 4. The summed E-state index contributed by atoms with van der Waals surface area (Å²) in [6.45, 7) is 0. The highest BCUT2D eigenvalue weighted by molar-refractivity contribution is 7.80. The molecule has 6 nitrogen and oxygen atoms in total. The van der Waals surface area contributed by atoms with E-state index in [9.17, 15) is 13.2 Å². The molecule has 0 unspecified atom stereocenters. The molecular formula is C26H16Cl2F3N5OS. The summed E-state index contributed by atoms with van der Waals surface area (Å²) in [5.41, 5.74) is 6.34. The van der Waals surface area contributed by atoms with Crippen LogP contribution in [0.2, 0.25) is 10.0 Å². The molecule has 0 aliphatic carbocycles. The molecule has 0 saturated carbocycles. The number of nitrogens with zero attached hydrogens (tertiary/aromatic N) is 3. The van der Waals surface area contributed by atoms with Crippen LogP contribution < -0.4 is 15.5 Å². The second-order valence-electron chi connectivity index (χ2n) is 8.02. The maximum absolute atomic E-state index is 12.4. The molecule has 38 heavy (non-hydrogen) atoms. The fourth-order valence-electron chi connectivity index (χ4n) is 3.83. The fourth-order valence-corrected chi connectivity index (χ4v) is 4.33. The predicted molar refractivity (Wildman–Crippen MR) is 149 cm³/mol. The number of fused-ring (bicyclic) bond motifs is 3. The number of anilines is 1. The summed E-state index contributed by atoms with van der Waals surface area (Å²) >= 11 is 17.4. The van der Waals surface area contributed by atoms with Gasteiger partial charge < -0.3 is 10.1 Å². The summed E-state index contributed by atoms with van der Waals surface area (Å²) in [4.78, 5) is 4.53. The number of imidazole rings is 1. The third kappa shape index (κ3) is 5.83. The summed E-state index contributed by atoms with van der Waals surface area (Å²) in [5.74, 6) is -0.287. The number of alkyl halides is 3. The van der Waals surface area contributed by atoms with E-state index in [1.165, 1.54) is 12.1 Å². The van der Waals surface area contributed by atoms with E-state index in [2.05, 4.69) is 25.6 Å². The van der Waals surface area contributed by atoms with Gasteiger partial charge in [0.2, 0.25) is 0 Å². The number of rotatable bonds is 5. The molecule has 0 bridgehead atoms. The van der Waals surface area contributed by atoms with Crippen molar-refractivity contribution in [2.45, 2.75) is 6.36 Å². The highest BCUT2D eigenvalue weighted by atomic mass is 35.5. The molecule has 0 amide bonds. The number of halogens is 5. The molecular weight excluding hydrogens is 558 g/mol. The van der Waals surface area contributed by atoms with Gasteiger partial charge in [-0.3, -0.25) is 9.99 Å². The molecule has 0 atom stereocenters. The molecule has 0 aliphatic heterocycles. The van der Waals surface area contributed by atoms with Crippen molar-refractivity contribution in [1.29, 1.82) is 0 Å². The lowest BCUT2D eigenvalue weighted by Gasteiger charge is -2.10. The van der Waals surface area contributed by atoms with Gasteiger partial charge in [0, 0.05) is 16.1 Å². The van der Waals surface area contributed by atoms with Crippen LogP contribution in [0.25, 0.3) is 27.5 Å². The van der Waals surface area contributed by atoms with Gasteiger partial charge in [-0.25, -0.2) is 4.98 Å². The Hall–Kier alpha value is -3.86. The van der Waals surface area contributed by atoms with Gasteiger partial charge in [-0.2, -0.15) is 5.10 Å². The number of hydrogen-bond donors (Lipinski definition) is 2. The van der Waals surface area contributed by atoms with E-state index in [1.807, 2.05) is 30.3 Å². The number of aromatic nitrogens is 2. The zero-order valence-corrected chi connectivity index (χ0v) is 21.5. The van der Waals surface area contributed by atoms with Gasteiger partial charge in [-0.15, -0.1) is 13.2 Å². The van der Waals surface area contributed by atoms with Crippen LogP contribution in [0.1, 0.15) is 5.56 Å². The van der Waals surface area contributed by atoms with E-state index in [0.717, 1.165) is 27.4 Å². The Morgan fingerprint density at radius 1 is 1.00 bits per heavy atom. The molecule has 4 aromatic carbocycles. The van der Waals surface area contributed by atoms with Gasteiger partial charge in [-0.1, -0.05) is 41.4 Å². The second-order valence-corrected chi connectivity index (χ2v) is 9.27. The Kier molecular flexibility index (Phi) is 7.11. The molecule has 0 radical (unpaired) electrons. The lowest BCUT2D eigenvalue weighted by molar-refractivity contribution is -0.274. The Labute approximate surface area is 229 Å². The van der Waals surface area contributed by atoms with Crippen molar-refractivity contribution in [2.24, 2.45) is 5.10 Å². The molecule has 5 aromatic rings. The van der Waals surface area contributed by atoms with Crippen LogP contribution in [-0.4, -0.2) is 27.2 Å². The highest BCUT2D eigenvalue weighted by Crippen LogP contribution is 2.29. The van der Waals surface area contributed by atoms with Crippen molar-refractivity contribution in [1.82, 2.24) is 15.0 Å². The molecule has 0 saturated heterocycles. The topological polar surface area (TPSA) is 63.5 Å². The standard InChI is InChI=1S/C26H16Cl2F3N5OS/c27-17-3-9-21(28)22(12-17)34-25(38)35-33-13-15-1-8-20-16(11-15)2-10-23-24(20)32-14-36(23)18-4-6-19(7-5-18)37-26(29,30)31/h1-14H,(H2,34,35,38). The van der Waals surface area contributed by atoms with Crippen molar-refractivity contribution in [3.8, 4) is 11.4 Å². The lowest BCUT2D eigenvalue weighted by atomic mass is 10.1. The van der Waals surface area contributed by atoms with Gasteiger partial charge >= 0.3 is 6.36 Å². The first kappa shape index (κ1) is 25.8.